The second-order valence-electron chi connectivity index (χ2n) is 9.91. The Hall–Kier alpha value is -4.54. The molecule has 212 valence electrons. The molecule has 0 aliphatic carbocycles. The summed E-state index contributed by atoms with van der Waals surface area (Å²) in [4.78, 5) is 30.2. The van der Waals surface area contributed by atoms with Gasteiger partial charge in [-0.1, -0.05) is 37.3 Å². The molecule has 0 N–H and O–H groups in total. The fourth-order valence-corrected chi connectivity index (χ4v) is 5.63. The number of amides is 1. The molecule has 0 radical (unpaired) electrons. The third-order valence-electron chi connectivity index (χ3n) is 7.53. The Morgan fingerprint density at radius 1 is 1.05 bits per heavy atom. The minimum absolute atomic E-state index is 0.0129. The van der Waals surface area contributed by atoms with Gasteiger partial charge in [-0.15, -0.1) is 0 Å². The van der Waals surface area contributed by atoms with E-state index in [2.05, 4.69) is 0 Å². The van der Waals surface area contributed by atoms with Crippen LogP contribution in [0.15, 0.2) is 60.7 Å². The molecule has 1 aromatic heterocycles. The first kappa shape index (κ1) is 26.7. The second-order valence-corrected chi connectivity index (χ2v) is 9.91. The van der Waals surface area contributed by atoms with Crippen LogP contribution in [0.4, 0.5) is 18.9 Å². The number of para-hydroxylation sites is 3. The van der Waals surface area contributed by atoms with Crippen LogP contribution in [0.2, 0.25) is 0 Å². The fraction of sp³-hybridized carbons (Fsp3) is 0.300. The Morgan fingerprint density at radius 3 is 2.61 bits per heavy atom. The predicted octanol–water partition coefficient (Wildman–Crippen LogP) is 5.66. The molecule has 3 aromatic carbocycles. The van der Waals surface area contributed by atoms with Gasteiger partial charge < -0.3 is 14.2 Å². The Kier molecular flexibility index (Phi) is 6.59. The van der Waals surface area contributed by atoms with Crippen molar-refractivity contribution in [3.05, 3.63) is 77.6 Å². The first-order valence-corrected chi connectivity index (χ1v) is 13.2. The van der Waals surface area contributed by atoms with Crippen LogP contribution in [-0.4, -0.2) is 47.9 Å². The number of ether oxygens (including phenoxy) is 3. The van der Waals surface area contributed by atoms with Crippen molar-refractivity contribution in [3.63, 3.8) is 0 Å². The van der Waals surface area contributed by atoms with Crippen LogP contribution in [-0.2, 0) is 20.7 Å². The molecule has 0 saturated carbocycles. The van der Waals surface area contributed by atoms with Crippen LogP contribution in [0.5, 0.6) is 11.5 Å². The summed E-state index contributed by atoms with van der Waals surface area (Å²) in [6, 6.07) is 16.2. The highest BCUT2D eigenvalue weighted by Gasteiger charge is 2.48. The van der Waals surface area contributed by atoms with Gasteiger partial charge in [0.25, 0.3) is 0 Å². The first-order valence-electron chi connectivity index (χ1n) is 13.2. The van der Waals surface area contributed by atoms with Gasteiger partial charge in [0, 0.05) is 35.2 Å². The Balaban J connectivity index is 1.43. The van der Waals surface area contributed by atoms with E-state index in [1.807, 2.05) is 41.8 Å². The number of aromatic nitrogens is 2. The van der Waals surface area contributed by atoms with Crippen molar-refractivity contribution < 1.29 is 37.0 Å². The summed E-state index contributed by atoms with van der Waals surface area (Å²) in [6.45, 7) is 1.98. The number of fused-ring (bicyclic) bond motifs is 3. The molecule has 0 spiro atoms. The van der Waals surface area contributed by atoms with Gasteiger partial charge in [-0.25, -0.2) is 4.98 Å². The molecule has 1 amide bonds. The lowest BCUT2D eigenvalue weighted by Gasteiger charge is -2.29. The number of anilines is 1. The molecule has 2 atom stereocenters. The third-order valence-corrected chi connectivity index (χ3v) is 7.53. The Morgan fingerprint density at radius 2 is 1.85 bits per heavy atom. The van der Waals surface area contributed by atoms with E-state index >= 15 is 0 Å². The topological polar surface area (TPSA) is 82.9 Å². The van der Waals surface area contributed by atoms with Crippen LogP contribution >= 0.6 is 0 Å². The molecular formula is C30H26F3N3O5. The first-order chi connectivity index (χ1) is 19.7. The number of alkyl halides is 3. The summed E-state index contributed by atoms with van der Waals surface area (Å²) in [6.07, 6.45) is -4.44. The van der Waals surface area contributed by atoms with Crippen molar-refractivity contribution in [1.82, 2.24) is 9.55 Å². The molecule has 6 rings (SSSR count). The number of imidazole rings is 1. The number of carbonyl (C=O) groups is 2. The number of hydrogen-bond acceptors (Lipinski definition) is 6. The van der Waals surface area contributed by atoms with E-state index in [0.717, 1.165) is 21.8 Å². The highest BCUT2D eigenvalue weighted by molar-refractivity contribution is 5.98. The van der Waals surface area contributed by atoms with E-state index in [0.29, 0.717) is 34.7 Å². The SMILES string of the molecule is CCc1nc2ccccc2n1-c1cccc2c1OC[C@H]2N(C(=O)C(F)(F)F)c1ccc2c(c1)OC[C@H]2CC(=O)OC. The smallest absolute Gasteiger partial charge is 0.471 e. The number of hydrogen-bond donors (Lipinski definition) is 0. The molecule has 0 bridgehead atoms. The summed E-state index contributed by atoms with van der Waals surface area (Å²) in [5.74, 6) is -1.25. The molecule has 41 heavy (non-hydrogen) atoms. The standard InChI is InChI=1S/C30H26F3N3O5/c1-3-26-34-21-8-4-5-9-22(21)36(26)23-10-6-7-20-24(16-41-28(20)23)35(29(38)30(31,32)33)18-11-12-19-17(13-27(37)39-2)15-40-25(19)14-18/h4-12,14,17,24H,3,13,15-16H2,1-2H3/t17-,24-/m1/s1. The minimum atomic E-state index is -5.14. The van der Waals surface area contributed by atoms with Crippen LogP contribution in [0.3, 0.4) is 0 Å². The van der Waals surface area contributed by atoms with E-state index in [4.69, 9.17) is 19.2 Å². The van der Waals surface area contributed by atoms with E-state index in [9.17, 15) is 22.8 Å². The molecular weight excluding hydrogens is 539 g/mol. The maximum absolute atomic E-state index is 14.0. The number of aryl methyl sites for hydroxylation is 1. The number of halogens is 3. The molecule has 11 heteroatoms. The quantitative estimate of drug-likeness (QED) is 0.281. The maximum atomic E-state index is 14.0. The molecule has 3 heterocycles. The number of rotatable bonds is 6. The largest absolute Gasteiger partial charge is 0.493 e. The fourth-order valence-electron chi connectivity index (χ4n) is 5.63. The number of methoxy groups -OCH3 is 1. The molecule has 4 aromatic rings. The second kappa shape index (κ2) is 10.1. The van der Waals surface area contributed by atoms with Crippen LogP contribution in [0, 0.1) is 0 Å². The van der Waals surface area contributed by atoms with Gasteiger partial charge in [0.05, 0.1) is 42.9 Å². The van der Waals surface area contributed by atoms with E-state index in [-0.39, 0.29) is 31.2 Å². The number of nitrogens with zero attached hydrogens (tertiary/aromatic N) is 3. The molecule has 0 saturated heterocycles. The van der Waals surface area contributed by atoms with Crippen molar-refractivity contribution in [1.29, 1.82) is 0 Å². The van der Waals surface area contributed by atoms with E-state index in [1.54, 1.807) is 18.2 Å². The van der Waals surface area contributed by atoms with Gasteiger partial charge in [-0.3, -0.25) is 19.1 Å². The zero-order valence-corrected chi connectivity index (χ0v) is 22.3. The zero-order chi connectivity index (χ0) is 28.9. The number of benzene rings is 3. The molecule has 8 nitrogen and oxygen atoms in total. The maximum Gasteiger partial charge on any atom is 0.471 e. The summed E-state index contributed by atoms with van der Waals surface area (Å²) < 4.78 is 60.4. The highest BCUT2D eigenvalue weighted by Crippen LogP contribution is 2.46. The van der Waals surface area contributed by atoms with Crippen molar-refractivity contribution in [2.45, 2.75) is 37.9 Å². The van der Waals surface area contributed by atoms with Gasteiger partial charge in [0.2, 0.25) is 0 Å². The Labute approximate surface area is 233 Å². The van der Waals surface area contributed by atoms with Crippen molar-refractivity contribution in [2.24, 2.45) is 0 Å². The van der Waals surface area contributed by atoms with Crippen LogP contribution in [0.25, 0.3) is 16.7 Å². The average Bonchev–Trinajstić information content (AvgIpc) is 3.68. The molecule has 0 fully saturated rings. The van der Waals surface area contributed by atoms with Crippen LogP contribution < -0.4 is 14.4 Å². The summed E-state index contributed by atoms with van der Waals surface area (Å²) >= 11 is 0. The summed E-state index contributed by atoms with van der Waals surface area (Å²) in [5, 5.41) is 0. The molecule has 2 aliphatic heterocycles. The number of carbonyl (C=O) groups excluding carboxylic acids is 2. The zero-order valence-electron chi connectivity index (χ0n) is 22.3. The van der Waals surface area contributed by atoms with E-state index in [1.165, 1.54) is 19.2 Å². The minimum Gasteiger partial charge on any atom is -0.493 e. The lowest BCUT2D eigenvalue weighted by Crippen LogP contribution is -2.44. The van der Waals surface area contributed by atoms with Gasteiger partial charge in [0.15, 0.2) is 0 Å². The van der Waals surface area contributed by atoms with E-state index < -0.39 is 24.1 Å². The van der Waals surface area contributed by atoms with Gasteiger partial charge in [0.1, 0.15) is 23.9 Å². The van der Waals surface area contributed by atoms with Gasteiger partial charge in [-0.2, -0.15) is 13.2 Å². The summed E-state index contributed by atoms with van der Waals surface area (Å²) in [5.41, 5.74) is 3.39. The van der Waals surface area contributed by atoms with Crippen LogP contribution in [0.1, 0.15) is 42.3 Å². The van der Waals surface area contributed by atoms with Gasteiger partial charge in [-0.05, 0) is 24.3 Å². The number of esters is 1. The Bertz CT molecular complexity index is 1670. The van der Waals surface area contributed by atoms with Gasteiger partial charge >= 0.3 is 18.1 Å². The highest BCUT2D eigenvalue weighted by atomic mass is 19.4. The third kappa shape index (κ3) is 4.55. The lowest BCUT2D eigenvalue weighted by molar-refractivity contribution is -0.171. The normalized spacial score (nSPS) is 17.5. The lowest BCUT2D eigenvalue weighted by atomic mass is 9.97. The molecule has 0 unspecified atom stereocenters. The van der Waals surface area contributed by atoms with Crippen molar-refractivity contribution in [2.75, 3.05) is 25.2 Å². The summed E-state index contributed by atoms with van der Waals surface area (Å²) in [7, 11) is 1.29. The predicted molar refractivity (Wildman–Crippen MR) is 144 cm³/mol. The van der Waals surface area contributed by atoms with Crippen molar-refractivity contribution >= 4 is 28.6 Å². The average molecular weight is 566 g/mol. The van der Waals surface area contributed by atoms with Crippen molar-refractivity contribution in [3.8, 4) is 17.2 Å². The molecule has 2 aliphatic rings. The monoisotopic (exact) mass is 565 g/mol.